The van der Waals surface area contributed by atoms with E-state index < -0.39 is 0 Å². The van der Waals surface area contributed by atoms with Gasteiger partial charge in [-0.2, -0.15) is 0 Å². The summed E-state index contributed by atoms with van der Waals surface area (Å²) in [6.45, 7) is 4.27. The number of carbonyl (C=O) groups excluding carboxylic acids is 2. The fraction of sp³-hybridized carbons (Fsp3) is 0.875. The average molecular weight is 296 g/mol. The monoisotopic (exact) mass is 296 g/mol. The van der Waals surface area contributed by atoms with Crippen LogP contribution in [0.1, 0.15) is 45.4 Å². The maximum atomic E-state index is 12.2. The second kappa shape index (κ2) is 7.78. The van der Waals surface area contributed by atoms with Crippen molar-refractivity contribution in [2.24, 2.45) is 17.8 Å². The van der Waals surface area contributed by atoms with Crippen LogP contribution in [0.3, 0.4) is 0 Å². The number of carbonyl (C=O) groups is 2. The Morgan fingerprint density at radius 3 is 2.71 bits per heavy atom. The molecule has 2 atom stereocenters. The molecule has 5 nitrogen and oxygen atoms in total. The molecule has 0 radical (unpaired) electrons. The molecule has 2 aliphatic rings. The lowest BCUT2D eigenvalue weighted by Gasteiger charge is -2.32. The van der Waals surface area contributed by atoms with Gasteiger partial charge in [0.15, 0.2) is 0 Å². The lowest BCUT2D eigenvalue weighted by Crippen LogP contribution is -2.46. The van der Waals surface area contributed by atoms with E-state index in [1.54, 1.807) is 0 Å². The van der Waals surface area contributed by atoms with Crippen molar-refractivity contribution in [3.63, 3.8) is 0 Å². The number of likely N-dealkylation sites (tertiary alicyclic amines) is 1. The van der Waals surface area contributed by atoms with E-state index in [1.165, 1.54) is 0 Å². The van der Waals surface area contributed by atoms with Crippen LogP contribution in [0.4, 0.5) is 0 Å². The number of nitrogens with zero attached hydrogens (tertiary/aromatic N) is 1. The SMILES string of the molecule is CC(CO)CCCNC(=O)C1CCCN(C(=O)C2CC2)C1. The lowest BCUT2D eigenvalue weighted by atomic mass is 9.96. The zero-order valence-corrected chi connectivity index (χ0v) is 13.0. The van der Waals surface area contributed by atoms with Crippen molar-refractivity contribution in [3.05, 3.63) is 0 Å². The van der Waals surface area contributed by atoms with Gasteiger partial charge in [0.2, 0.25) is 11.8 Å². The van der Waals surface area contributed by atoms with Gasteiger partial charge < -0.3 is 15.3 Å². The molecule has 2 amide bonds. The minimum Gasteiger partial charge on any atom is -0.396 e. The van der Waals surface area contributed by atoms with Crippen molar-refractivity contribution >= 4 is 11.8 Å². The highest BCUT2D eigenvalue weighted by atomic mass is 16.3. The molecule has 0 aromatic heterocycles. The summed E-state index contributed by atoms with van der Waals surface area (Å²) in [5.74, 6) is 0.830. The number of aliphatic hydroxyl groups is 1. The summed E-state index contributed by atoms with van der Waals surface area (Å²) in [5.41, 5.74) is 0. The molecule has 0 aromatic rings. The number of piperidine rings is 1. The predicted octanol–water partition coefficient (Wildman–Crippen LogP) is 1.16. The molecule has 1 saturated heterocycles. The summed E-state index contributed by atoms with van der Waals surface area (Å²) in [6, 6.07) is 0. The molecule has 1 heterocycles. The molecular weight excluding hydrogens is 268 g/mol. The molecule has 120 valence electrons. The maximum Gasteiger partial charge on any atom is 0.225 e. The summed E-state index contributed by atoms with van der Waals surface area (Å²) in [7, 11) is 0. The predicted molar refractivity (Wildman–Crippen MR) is 80.5 cm³/mol. The van der Waals surface area contributed by atoms with Crippen LogP contribution in [0.2, 0.25) is 0 Å². The number of aliphatic hydroxyl groups excluding tert-OH is 1. The average Bonchev–Trinajstić information content (AvgIpc) is 3.35. The highest BCUT2D eigenvalue weighted by Gasteiger charge is 2.36. The third-order valence-electron chi connectivity index (χ3n) is 4.52. The first-order valence-corrected chi connectivity index (χ1v) is 8.29. The van der Waals surface area contributed by atoms with Crippen LogP contribution >= 0.6 is 0 Å². The van der Waals surface area contributed by atoms with Crippen molar-refractivity contribution in [3.8, 4) is 0 Å². The summed E-state index contributed by atoms with van der Waals surface area (Å²) in [5, 5.41) is 11.9. The largest absolute Gasteiger partial charge is 0.396 e. The van der Waals surface area contributed by atoms with Gasteiger partial charge in [-0.3, -0.25) is 9.59 Å². The summed E-state index contributed by atoms with van der Waals surface area (Å²) in [6.07, 6.45) is 5.68. The third kappa shape index (κ3) is 4.99. The van der Waals surface area contributed by atoms with Crippen molar-refractivity contribution < 1.29 is 14.7 Å². The fourth-order valence-corrected chi connectivity index (χ4v) is 2.88. The third-order valence-corrected chi connectivity index (χ3v) is 4.52. The van der Waals surface area contributed by atoms with Crippen LogP contribution in [0.25, 0.3) is 0 Å². The number of hydrogen-bond acceptors (Lipinski definition) is 3. The number of hydrogen-bond donors (Lipinski definition) is 2. The van der Waals surface area contributed by atoms with E-state index in [4.69, 9.17) is 5.11 Å². The van der Waals surface area contributed by atoms with Gasteiger partial charge in [-0.15, -0.1) is 0 Å². The highest BCUT2D eigenvalue weighted by molar-refractivity contribution is 5.83. The Balaban J connectivity index is 1.68. The Morgan fingerprint density at radius 2 is 2.05 bits per heavy atom. The van der Waals surface area contributed by atoms with Crippen molar-refractivity contribution in [1.82, 2.24) is 10.2 Å². The Morgan fingerprint density at radius 1 is 1.29 bits per heavy atom. The van der Waals surface area contributed by atoms with Gasteiger partial charge in [0, 0.05) is 32.2 Å². The summed E-state index contributed by atoms with van der Waals surface area (Å²) >= 11 is 0. The molecule has 1 aliphatic carbocycles. The molecule has 0 spiro atoms. The first-order valence-electron chi connectivity index (χ1n) is 8.29. The molecular formula is C16H28N2O3. The number of rotatable bonds is 7. The molecule has 2 rings (SSSR count). The van der Waals surface area contributed by atoms with Crippen molar-refractivity contribution in [1.29, 1.82) is 0 Å². The zero-order valence-electron chi connectivity index (χ0n) is 13.0. The van der Waals surface area contributed by atoms with Crippen LogP contribution in [-0.2, 0) is 9.59 Å². The van der Waals surface area contributed by atoms with Crippen LogP contribution in [0, 0.1) is 17.8 Å². The first-order chi connectivity index (χ1) is 10.1. The molecule has 2 fully saturated rings. The van der Waals surface area contributed by atoms with Crippen LogP contribution in [0.15, 0.2) is 0 Å². The molecule has 21 heavy (non-hydrogen) atoms. The second-order valence-electron chi connectivity index (χ2n) is 6.62. The van der Waals surface area contributed by atoms with Gasteiger partial charge in [-0.05, 0) is 44.4 Å². The van der Waals surface area contributed by atoms with Crippen LogP contribution in [-0.4, -0.2) is 48.1 Å². The van der Waals surface area contributed by atoms with Crippen LogP contribution in [0.5, 0.6) is 0 Å². The van der Waals surface area contributed by atoms with E-state index >= 15 is 0 Å². The summed E-state index contributed by atoms with van der Waals surface area (Å²) in [4.78, 5) is 26.1. The molecule has 2 N–H and O–H groups in total. The zero-order chi connectivity index (χ0) is 15.2. The first kappa shape index (κ1) is 16.3. The number of amides is 2. The van der Waals surface area contributed by atoms with Gasteiger partial charge in [0.25, 0.3) is 0 Å². The maximum absolute atomic E-state index is 12.2. The second-order valence-corrected chi connectivity index (χ2v) is 6.62. The molecule has 1 aliphatic heterocycles. The number of nitrogens with one attached hydrogen (secondary N) is 1. The Hall–Kier alpha value is -1.10. The van der Waals surface area contributed by atoms with E-state index in [1.807, 2.05) is 11.8 Å². The quantitative estimate of drug-likeness (QED) is 0.693. The molecule has 0 aromatic carbocycles. The Kier molecular flexibility index (Phi) is 6.03. The van der Waals surface area contributed by atoms with Gasteiger partial charge >= 0.3 is 0 Å². The minimum atomic E-state index is -0.0447. The van der Waals surface area contributed by atoms with E-state index in [9.17, 15) is 9.59 Å². The Labute approximate surface area is 127 Å². The highest BCUT2D eigenvalue weighted by Crippen LogP contribution is 2.32. The standard InChI is InChI=1S/C16H28N2O3/c1-12(11-19)4-2-8-17-15(20)14-5-3-9-18(10-14)16(21)13-6-7-13/h12-14,19H,2-11H2,1H3,(H,17,20). The Bertz CT molecular complexity index is 369. The molecule has 2 unspecified atom stereocenters. The fourth-order valence-electron chi connectivity index (χ4n) is 2.88. The smallest absolute Gasteiger partial charge is 0.225 e. The van der Waals surface area contributed by atoms with E-state index in [2.05, 4.69) is 5.32 Å². The van der Waals surface area contributed by atoms with E-state index in [0.29, 0.717) is 19.0 Å². The van der Waals surface area contributed by atoms with Gasteiger partial charge in [-0.1, -0.05) is 6.92 Å². The summed E-state index contributed by atoms with van der Waals surface area (Å²) < 4.78 is 0. The minimum absolute atomic E-state index is 0.0447. The van der Waals surface area contributed by atoms with Crippen LogP contribution < -0.4 is 5.32 Å². The molecule has 0 bridgehead atoms. The van der Waals surface area contributed by atoms with E-state index in [0.717, 1.165) is 45.1 Å². The normalized spacial score (nSPS) is 23.7. The van der Waals surface area contributed by atoms with Crippen molar-refractivity contribution in [2.75, 3.05) is 26.2 Å². The van der Waals surface area contributed by atoms with Gasteiger partial charge in [-0.25, -0.2) is 0 Å². The molecule has 5 heteroatoms. The lowest BCUT2D eigenvalue weighted by molar-refractivity contribution is -0.136. The van der Waals surface area contributed by atoms with Gasteiger partial charge in [0.1, 0.15) is 0 Å². The van der Waals surface area contributed by atoms with Crippen molar-refractivity contribution in [2.45, 2.75) is 45.4 Å². The topological polar surface area (TPSA) is 69.6 Å². The molecule has 1 saturated carbocycles. The van der Waals surface area contributed by atoms with E-state index in [-0.39, 0.29) is 30.3 Å². The van der Waals surface area contributed by atoms with Gasteiger partial charge in [0.05, 0.1) is 5.92 Å².